The van der Waals surface area contributed by atoms with E-state index in [1.807, 2.05) is 12.5 Å². The Morgan fingerprint density at radius 1 is 1.21 bits per heavy atom. The van der Waals surface area contributed by atoms with E-state index in [0.29, 0.717) is 6.54 Å². The molecule has 154 valence electrons. The number of hydrogen-bond acceptors (Lipinski definition) is 4. The molecule has 0 spiro atoms. The minimum absolute atomic E-state index is 0. The summed E-state index contributed by atoms with van der Waals surface area (Å²) in [6, 6.07) is 8.56. The van der Waals surface area contributed by atoms with Gasteiger partial charge in [-0.05, 0) is 18.1 Å². The summed E-state index contributed by atoms with van der Waals surface area (Å²) in [5, 5.41) is 6.76. The summed E-state index contributed by atoms with van der Waals surface area (Å²) < 4.78 is 7.46. The molecule has 1 fully saturated rings. The third-order valence-electron chi connectivity index (χ3n) is 4.50. The molecular formula is C20H31IN6O. The van der Waals surface area contributed by atoms with Crippen molar-refractivity contribution >= 4 is 29.9 Å². The molecule has 2 aromatic rings. The summed E-state index contributed by atoms with van der Waals surface area (Å²) in [6.07, 6.45) is 5.62. The predicted molar refractivity (Wildman–Crippen MR) is 123 cm³/mol. The number of guanidine groups is 1. The molecule has 0 aliphatic carbocycles. The zero-order valence-electron chi connectivity index (χ0n) is 16.5. The van der Waals surface area contributed by atoms with Crippen molar-refractivity contribution in [3.05, 3.63) is 54.1 Å². The highest BCUT2D eigenvalue weighted by Gasteiger charge is 2.09. The molecule has 8 heteroatoms. The highest BCUT2D eigenvalue weighted by Crippen LogP contribution is 2.08. The molecule has 0 bridgehead atoms. The van der Waals surface area contributed by atoms with Crippen molar-refractivity contribution in [2.24, 2.45) is 4.99 Å². The van der Waals surface area contributed by atoms with Crippen LogP contribution in [0.25, 0.3) is 0 Å². The van der Waals surface area contributed by atoms with E-state index in [-0.39, 0.29) is 24.0 Å². The molecule has 2 heterocycles. The molecule has 0 radical (unpaired) electrons. The molecule has 0 amide bonds. The first-order valence-electron chi connectivity index (χ1n) is 9.69. The van der Waals surface area contributed by atoms with Gasteiger partial charge in [0.25, 0.3) is 0 Å². The average molecular weight is 498 g/mol. The fourth-order valence-electron chi connectivity index (χ4n) is 3.09. The van der Waals surface area contributed by atoms with Gasteiger partial charge in [0.2, 0.25) is 0 Å². The van der Waals surface area contributed by atoms with E-state index in [2.05, 4.69) is 56.3 Å². The lowest BCUT2D eigenvalue weighted by atomic mass is 10.1. The van der Waals surface area contributed by atoms with E-state index in [1.54, 1.807) is 6.20 Å². The summed E-state index contributed by atoms with van der Waals surface area (Å²) in [5.74, 6) is 0.866. The Hall–Kier alpha value is -1.65. The third kappa shape index (κ3) is 7.76. The van der Waals surface area contributed by atoms with E-state index < -0.39 is 0 Å². The standard InChI is InChI=1S/C20H30N6O.HI/c1-2-22-20(23-7-9-25-10-12-27-13-11-25)24-15-18-4-3-5-19(14-18)16-26-8-6-21-17-26;/h3-6,8,14,17H,2,7,9-13,15-16H2,1H3,(H2,22,23,24);1H. The normalized spacial score (nSPS) is 15.1. The smallest absolute Gasteiger partial charge is 0.191 e. The van der Waals surface area contributed by atoms with Gasteiger partial charge >= 0.3 is 0 Å². The lowest BCUT2D eigenvalue weighted by molar-refractivity contribution is 0.0389. The number of aromatic nitrogens is 2. The SMILES string of the molecule is CCNC(=NCc1cccc(Cn2ccnc2)c1)NCCN1CCOCC1.I. The second kappa shape index (κ2) is 12.7. The molecule has 1 aliphatic rings. The van der Waals surface area contributed by atoms with Gasteiger partial charge in [-0.3, -0.25) is 4.90 Å². The number of rotatable bonds is 8. The van der Waals surface area contributed by atoms with E-state index >= 15 is 0 Å². The maximum Gasteiger partial charge on any atom is 0.191 e. The second-order valence-electron chi connectivity index (χ2n) is 6.63. The van der Waals surface area contributed by atoms with Crippen molar-refractivity contribution in [3.8, 4) is 0 Å². The quantitative estimate of drug-likeness (QED) is 0.331. The highest BCUT2D eigenvalue weighted by atomic mass is 127. The molecule has 1 aliphatic heterocycles. The van der Waals surface area contributed by atoms with Gasteiger partial charge in [0.1, 0.15) is 0 Å². The van der Waals surface area contributed by atoms with Crippen LogP contribution in [0.1, 0.15) is 18.1 Å². The van der Waals surface area contributed by atoms with Gasteiger partial charge in [0.05, 0.1) is 26.1 Å². The molecule has 3 rings (SSSR count). The Bertz CT molecular complexity index is 700. The van der Waals surface area contributed by atoms with Crippen molar-refractivity contribution in [1.29, 1.82) is 0 Å². The van der Waals surface area contributed by atoms with Crippen molar-refractivity contribution in [3.63, 3.8) is 0 Å². The monoisotopic (exact) mass is 498 g/mol. The Labute approximate surface area is 184 Å². The molecule has 1 saturated heterocycles. The average Bonchev–Trinajstić information content (AvgIpc) is 3.20. The number of imidazole rings is 1. The summed E-state index contributed by atoms with van der Waals surface area (Å²) in [5.41, 5.74) is 2.46. The minimum Gasteiger partial charge on any atom is -0.379 e. The Morgan fingerprint density at radius 3 is 2.79 bits per heavy atom. The number of nitrogens with one attached hydrogen (secondary N) is 2. The zero-order chi connectivity index (χ0) is 18.7. The number of aliphatic imine (C=N–C) groups is 1. The van der Waals surface area contributed by atoms with Crippen LogP contribution in [0.3, 0.4) is 0 Å². The zero-order valence-corrected chi connectivity index (χ0v) is 18.8. The van der Waals surface area contributed by atoms with Crippen molar-refractivity contribution < 1.29 is 4.74 Å². The minimum atomic E-state index is 0. The number of halogens is 1. The van der Waals surface area contributed by atoms with Gasteiger partial charge in [-0.25, -0.2) is 9.98 Å². The Morgan fingerprint density at radius 2 is 2.04 bits per heavy atom. The van der Waals surface area contributed by atoms with Crippen molar-refractivity contribution in [2.75, 3.05) is 45.9 Å². The first kappa shape index (κ1) is 22.6. The lowest BCUT2D eigenvalue weighted by Gasteiger charge is -2.26. The molecule has 1 aromatic heterocycles. The third-order valence-corrected chi connectivity index (χ3v) is 4.50. The Balaban J connectivity index is 0.00000280. The molecule has 1 aromatic carbocycles. The van der Waals surface area contributed by atoms with E-state index in [4.69, 9.17) is 9.73 Å². The van der Waals surface area contributed by atoms with Crippen LogP contribution in [-0.2, 0) is 17.8 Å². The molecule has 0 saturated carbocycles. The summed E-state index contributed by atoms with van der Waals surface area (Å²) in [6.45, 7) is 10.0. The maximum atomic E-state index is 5.39. The van der Waals surface area contributed by atoms with Crippen LogP contribution in [0, 0.1) is 0 Å². The van der Waals surface area contributed by atoms with Gasteiger partial charge in [-0.15, -0.1) is 24.0 Å². The fourth-order valence-corrected chi connectivity index (χ4v) is 3.09. The topological polar surface area (TPSA) is 66.7 Å². The molecule has 0 unspecified atom stereocenters. The molecule has 28 heavy (non-hydrogen) atoms. The summed E-state index contributed by atoms with van der Waals surface area (Å²) in [7, 11) is 0. The van der Waals surface area contributed by atoms with Crippen LogP contribution in [0.5, 0.6) is 0 Å². The largest absolute Gasteiger partial charge is 0.379 e. The van der Waals surface area contributed by atoms with Crippen LogP contribution in [0.15, 0.2) is 48.0 Å². The van der Waals surface area contributed by atoms with Crippen LogP contribution in [0.2, 0.25) is 0 Å². The van der Waals surface area contributed by atoms with Gasteiger partial charge in [0.15, 0.2) is 5.96 Å². The number of hydrogen-bond donors (Lipinski definition) is 2. The summed E-state index contributed by atoms with van der Waals surface area (Å²) >= 11 is 0. The van der Waals surface area contributed by atoms with E-state index in [9.17, 15) is 0 Å². The molecule has 2 N–H and O–H groups in total. The Kier molecular flexibility index (Phi) is 10.3. The number of benzene rings is 1. The number of morpholine rings is 1. The maximum absolute atomic E-state index is 5.39. The second-order valence-corrected chi connectivity index (χ2v) is 6.63. The van der Waals surface area contributed by atoms with Crippen LogP contribution in [-0.4, -0.2) is 66.3 Å². The van der Waals surface area contributed by atoms with E-state index in [0.717, 1.165) is 58.4 Å². The first-order chi connectivity index (χ1) is 13.3. The predicted octanol–water partition coefficient (Wildman–Crippen LogP) is 1.94. The van der Waals surface area contributed by atoms with Gasteiger partial charge in [-0.2, -0.15) is 0 Å². The van der Waals surface area contributed by atoms with Crippen molar-refractivity contribution in [1.82, 2.24) is 25.1 Å². The van der Waals surface area contributed by atoms with Gasteiger partial charge < -0.3 is 19.9 Å². The molecule has 7 nitrogen and oxygen atoms in total. The first-order valence-corrected chi connectivity index (χ1v) is 9.69. The van der Waals surface area contributed by atoms with Crippen molar-refractivity contribution in [2.45, 2.75) is 20.0 Å². The fraction of sp³-hybridized carbons (Fsp3) is 0.500. The van der Waals surface area contributed by atoms with Crippen LogP contribution >= 0.6 is 24.0 Å². The molecule has 0 atom stereocenters. The molecular weight excluding hydrogens is 467 g/mol. The van der Waals surface area contributed by atoms with Crippen LogP contribution < -0.4 is 10.6 Å². The van der Waals surface area contributed by atoms with Gasteiger partial charge in [0, 0.05) is 51.7 Å². The van der Waals surface area contributed by atoms with Crippen LogP contribution in [0.4, 0.5) is 0 Å². The highest BCUT2D eigenvalue weighted by molar-refractivity contribution is 14.0. The number of nitrogens with zero attached hydrogens (tertiary/aromatic N) is 4. The van der Waals surface area contributed by atoms with E-state index in [1.165, 1.54) is 11.1 Å². The summed E-state index contributed by atoms with van der Waals surface area (Å²) in [4.78, 5) is 11.3. The number of ether oxygens (including phenoxy) is 1. The van der Waals surface area contributed by atoms with Gasteiger partial charge in [-0.1, -0.05) is 24.3 Å². The lowest BCUT2D eigenvalue weighted by Crippen LogP contribution is -2.44.